The number of rotatable bonds is 7. The van der Waals surface area contributed by atoms with Crippen LogP contribution in [-0.4, -0.2) is 39.3 Å². The molecular weight excluding hydrogens is 484 g/mol. The largest absolute Gasteiger partial charge is 0.434 e. The fourth-order valence-electron chi connectivity index (χ4n) is 3.64. The number of alkyl halides is 4. The van der Waals surface area contributed by atoms with Gasteiger partial charge in [0.1, 0.15) is 11.6 Å². The van der Waals surface area contributed by atoms with E-state index in [-0.39, 0.29) is 39.8 Å². The summed E-state index contributed by atoms with van der Waals surface area (Å²) in [6, 6.07) is 9.02. The van der Waals surface area contributed by atoms with E-state index in [1.54, 1.807) is 6.92 Å². The lowest BCUT2D eigenvalue weighted by atomic mass is 10.0. The predicted molar refractivity (Wildman–Crippen MR) is 122 cm³/mol. The second kappa shape index (κ2) is 9.40. The number of carbonyl (C=O) groups excluding carboxylic acids is 2. The minimum Gasteiger partial charge on any atom is -0.434 e. The minimum absolute atomic E-state index is 0.0922. The highest BCUT2D eigenvalue weighted by Crippen LogP contribution is 2.35. The van der Waals surface area contributed by atoms with Crippen molar-refractivity contribution in [3.8, 4) is 17.1 Å². The molecule has 0 saturated carbocycles. The maximum Gasteiger partial charge on any atom is 0.387 e. The lowest BCUT2D eigenvalue weighted by Crippen LogP contribution is -2.36. The molecule has 2 aromatic carbocycles. The Hall–Kier alpha value is -4.29. The molecule has 2 heterocycles. The number of hydrogen-bond donors (Lipinski definition) is 2. The zero-order valence-electron chi connectivity index (χ0n) is 19.2. The Kier molecular flexibility index (Phi) is 6.48. The van der Waals surface area contributed by atoms with Crippen LogP contribution in [0, 0.1) is 12.8 Å². The van der Waals surface area contributed by atoms with Crippen molar-refractivity contribution in [1.29, 1.82) is 0 Å². The van der Waals surface area contributed by atoms with Crippen molar-refractivity contribution in [3.05, 3.63) is 53.9 Å². The van der Waals surface area contributed by atoms with Gasteiger partial charge in [-0.1, -0.05) is 12.1 Å². The molecule has 0 fully saturated rings. The highest BCUT2D eigenvalue weighted by Gasteiger charge is 2.40. The molecule has 36 heavy (non-hydrogen) atoms. The third kappa shape index (κ3) is 5.04. The molecule has 1 unspecified atom stereocenters. The van der Waals surface area contributed by atoms with Crippen LogP contribution >= 0.6 is 0 Å². The molecule has 1 atom stereocenters. The van der Waals surface area contributed by atoms with Crippen LogP contribution < -0.4 is 15.1 Å². The van der Waals surface area contributed by atoms with Gasteiger partial charge in [0.2, 0.25) is 5.91 Å². The number of H-pyrrole nitrogens is 1. The Bertz CT molecular complexity index is 1350. The van der Waals surface area contributed by atoms with Crippen LogP contribution in [0.15, 0.2) is 47.6 Å². The van der Waals surface area contributed by atoms with Crippen LogP contribution in [0.3, 0.4) is 0 Å². The topological polar surface area (TPSA) is 113 Å². The van der Waals surface area contributed by atoms with Crippen molar-refractivity contribution in [2.24, 2.45) is 11.0 Å². The number of hydrazone groups is 1. The smallest absolute Gasteiger partial charge is 0.387 e. The standard InChI is InChI=1S/C23H20F4N6O3/c1-11-18(20(34)29-14-6-4-5-13(9-14)23(3,26)27)21(35)33(32-11)15-7-8-17(36-22(24)25)16(10-15)19-28-12(2)30-31-19/h4-10,18,22H,1-3H3,(H,29,34)(H,28,30,31). The Labute approximate surface area is 202 Å². The molecular formula is C23H20F4N6O3. The third-order valence-electron chi connectivity index (χ3n) is 5.31. The van der Waals surface area contributed by atoms with E-state index in [1.807, 2.05) is 0 Å². The summed E-state index contributed by atoms with van der Waals surface area (Å²) in [7, 11) is 0. The maximum atomic E-state index is 13.6. The predicted octanol–water partition coefficient (Wildman–Crippen LogP) is 4.47. The van der Waals surface area contributed by atoms with Crippen LogP contribution in [0.25, 0.3) is 11.4 Å². The monoisotopic (exact) mass is 504 g/mol. The van der Waals surface area contributed by atoms with Crippen LogP contribution in [0.4, 0.5) is 28.9 Å². The van der Waals surface area contributed by atoms with E-state index in [1.165, 1.54) is 43.3 Å². The molecule has 1 aliphatic rings. The van der Waals surface area contributed by atoms with Gasteiger partial charge in [0.05, 0.1) is 17.0 Å². The first-order valence-corrected chi connectivity index (χ1v) is 10.6. The summed E-state index contributed by atoms with van der Waals surface area (Å²) in [5.74, 6) is -5.58. The molecule has 4 rings (SSSR count). The number of ether oxygens (including phenoxy) is 1. The zero-order valence-corrected chi connectivity index (χ0v) is 19.2. The van der Waals surface area contributed by atoms with Gasteiger partial charge in [0, 0.05) is 18.2 Å². The molecule has 13 heteroatoms. The van der Waals surface area contributed by atoms with Gasteiger partial charge >= 0.3 is 6.61 Å². The molecule has 1 aromatic heterocycles. The highest BCUT2D eigenvalue weighted by atomic mass is 19.3. The maximum absolute atomic E-state index is 13.6. The lowest BCUT2D eigenvalue weighted by Gasteiger charge is -2.17. The van der Waals surface area contributed by atoms with E-state index in [9.17, 15) is 27.2 Å². The quantitative estimate of drug-likeness (QED) is 0.364. The van der Waals surface area contributed by atoms with Gasteiger partial charge in [-0.25, -0.2) is 8.78 Å². The first-order valence-electron chi connectivity index (χ1n) is 10.6. The Morgan fingerprint density at radius 3 is 2.56 bits per heavy atom. The summed E-state index contributed by atoms with van der Waals surface area (Å²) in [5.41, 5.74) is 0.201. The normalized spacial score (nSPS) is 15.9. The fraction of sp³-hybridized carbons (Fsp3) is 0.261. The number of hydrogen-bond acceptors (Lipinski definition) is 6. The number of anilines is 2. The number of aromatic amines is 1. The minimum atomic E-state index is -3.11. The second-order valence-electron chi connectivity index (χ2n) is 8.10. The molecule has 0 spiro atoms. The van der Waals surface area contributed by atoms with Gasteiger partial charge in [-0.05, 0) is 44.2 Å². The first kappa shape index (κ1) is 24.8. The van der Waals surface area contributed by atoms with Gasteiger partial charge in [-0.15, -0.1) is 10.2 Å². The average Bonchev–Trinajstić information content (AvgIpc) is 3.35. The van der Waals surface area contributed by atoms with E-state index < -0.39 is 30.3 Å². The second-order valence-corrected chi connectivity index (χ2v) is 8.10. The molecule has 0 bridgehead atoms. The molecule has 0 aliphatic carbocycles. The number of carbonyl (C=O) groups is 2. The molecule has 2 amide bonds. The SMILES string of the molecule is CC1=NN(c2ccc(OC(F)F)c(-c3nnc(C)[nH]3)c2)C(=O)C1C(=O)Nc1cccc(C(C)(F)F)c1. The van der Waals surface area contributed by atoms with E-state index in [0.717, 1.165) is 18.0 Å². The van der Waals surface area contributed by atoms with Crippen LogP contribution in [0.1, 0.15) is 25.2 Å². The average molecular weight is 504 g/mol. The number of aryl methyl sites for hydroxylation is 1. The van der Waals surface area contributed by atoms with Crippen LogP contribution in [-0.2, 0) is 15.5 Å². The number of amides is 2. The summed E-state index contributed by atoms with van der Waals surface area (Å²) in [5, 5.41) is 15.3. The number of aromatic nitrogens is 3. The molecule has 1 aliphatic heterocycles. The van der Waals surface area contributed by atoms with Gasteiger partial charge in [0.25, 0.3) is 11.8 Å². The van der Waals surface area contributed by atoms with Gasteiger partial charge in [-0.2, -0.15) is 18.9 Å². The van der Waals surface area contributed by atoms with Crippen molar-refractivity contribution < 1.29 is 31.9 Å². The number of nitrogens with one attached hydrogen (secondary N) is 2. The zero-order chi connectivity index (χ0) is 26.2. The van der Waals surface area contributed by atoms with Gasteiger partial charge in [0.15, 0.2) is 11.7 Å². The van der Waals surface area contributed by atoms with Crippen LogP contribution in [0.2, 0.25) is 0 Å². The van der Waals surface area contributed by atoms with Crippen molar-refractivity contribution in [2.45, 2.75) is 33.3 Å². The highest BCUT2D eigenvalue weighted by molar-refractivity contribution is 6.28. The number of nitrogens with zero attached hydrogens (tertiary/aromatic N) is 4. The number of benzene rings is 2. The first-order chi connectivity index (χ1) is 16.9. The summed E-state index contributed by atoms with van der Waals surface area (Å²) < 4.78 is 57.6. The molecule has 2 N–H and O–H groups in total. The molecule has 188 valence electrons. The Balaban J connectivity index is 1.60. The number of halogens is 4. The van der Waals surface area contributed by atoms with E-state index in [2.05, 4.69) is 30.3 Å². The molecule has 0 saturated heterocycles. The summed E-state index contributed by atoms with van der Waals surface area (Å²) in [6.45, 7) is 0.709. The summed E-state index contributed by atoms with van der Waals surface area (Å²) in [4.78, 5) is 28.8. The van der Waals surface area contributed by atoms with E-state index >= 15 is 0 Å². The van der Waals surface area contributed by atoms with E-state index in [0.29, 0.717) is 5.82 Å². The van der Waals surface area contributed by atoms with Crippen molar-refractivity contribution in [1.82, 2.24) is 15.2 Å². The van der Waals surface area contributed by atoms with Gasteiger partial charge < -0.3 is 15.0 Å². The molecule has 0 radical (unpaired) electrons. The molecule has 3 aromatic rings. The fourth-order valence-corrected chi connectivity index (χ4v) is 3.64. The van der Waals surface area contributed by atoms with Crippen molar-refractivity contribution in [3.63, 3.8) is 0 Å². The van der Waals surface area contributed by atoms with Crippen LogP contribution in [0.5, 0.6) is 5.75 Å². The van der Waals surface area contributed by atoms with Gasteiger partial charge in [-0.3, -0.25) is 9.59 Å². The molecule has 9 nitrogen and oxygen atoms in total. The van der Waals surface area contributed by atoms with Crippen molar-refractivity contribution >= 4 is 28.9 Å². The summed E-state index contributed by atoms with van der Waals surface area (Å²) in [6.07, 6.45) is 0. The lowest BCUT2D eigenvalue weighted by molar-refractivity contribution is -0.127. The van der Waals surface area contributed by atoms with E-state index in [4.69, 9.17) is 0 Å². The third-order valence-corrected chi connectivity index (χ3v) is 5.31. The Morgan fingerprint density at radius 2 is 1.92 bits per heavy atom. The summed E-state index contributed by atoms with van der Waals surface area (Å²) >= 11 is 0. The Morgan fingerprint density at radius 1 is 1.17 bits per heavy atom. The van der Waals surface area contributed by atoms with Crippen molar-refractivity contribution in [2.75, 3.05) is 10.3 Å².